The van der Waals surface area contributed by atoms with Gasteiger partial charge in [0.2, 0.25) is 5.91 Å². The Morgan fingerprint density at radius 2 is 2.27 bits per heavy atom. The van der Waals surface area contributed by atoms with E-state index in [-0.39, 0.29) is 5.91 Å². The molecule has 2 saturated heterocycles. The molecule has 1 amide bonds. The second kappa shape index (κ2) is 6.76. The first-order valence-electron chi connectivity index (χ1n) is 7.59. The molecule has 0 saturated carbocycles. The molecule has 0 bridgehead atoms. The molecule has 0 aliphatic carbocycles. The van der Waals surface area contributed by atoms with Crippen molar-refractivity contribution >= 4 is 28.2 Å². The number of esters is 1. The molecule has 120 valence electrons. The number of fused-ring (bicyclic) bond motifs is 1. The van der Waals surface area contributed by atoms with Gasteiger partial charge in [-0.1, -0.05) is 0 Å². The van der Waals surface area contributed by atoms with E-state index in [1.54, 1.807) is 11.4 Å². The SMILES string of the molecule is COC(=O)c1ccsc1NC(=O)CN1CCN2CCCC2C1. The smallest absolute Gasteiger partial charge is 0.340 e. The Morgan fingerprint density at radius 1 is 1.41 bits per heavy atom. The number of amides is 1. The molecular formula is C15H21N3O3S. The second-order valence-electron chi connectivity index (χ2n) is 5.77. The van der Waals surface area contributed by atoms with Crippen molar-refractivity contribution in [1.82, 2.24) is 9.80 Å². The van der Waals surface area contributed by atoms with Gasteiger partial charge in [-0.15, -0.1) is 11.3 Å². The van der Waals surface area contributed by atoms with Crippen LogP contribution in [-0.4, -0.2) is 67.6 Å². The van der Waals surface area contributed by atoms with E-state index in [0.29, 0.717) is 23.2 Å². The minimum Gasteiger partial charge on any atom is -0.465 e. The van der Waals surface area contributed by atoms with Gasteiger partial charge in [0.05, 0.1) is 19.2 Å². The number of anilines is 1. The first-order valence-corrected chi connectivity index (χ1v) is 8.47. The van der Waals surface area contributed by atoms with E-state index >= 15 is 0 Å². The highest BCUT2D eigenvalue weighted by Crippen LogP contribution is 2.24. The first kappa shape index (κ1) is 15.5. The van der Waals surface area contributed by atoms with Crippen LogP contribution >= 0.6 is 11.3 Å². The summed E-state index contributed by atoms with van der Waals surface area (Å²) < 4.78 is 4.71. The Labute approximate surface area is 134 Å². The lowest BCUT2D eigenvalue weighted by Crippen LogP contribution is -2.51. The van der Waals surface area contributed by atoms with Crippen molar-refractivity contribution in [3.8, 4) is 0 Å². The number of ether oxygens (including phenoxy) is 1. The molecule has 7 heteroatoms. The van der Waals surface area contributed by atoms with Crippen molar-refractivity contribution in [3.63, 3.8) is 0 Å². The summed E-state index contributed by atoms with van der Waals surface area (Å²) in [5.41, 5.74) is 0.418. The summed E-state index contributed by atoms with van der Waals surface area (Å²) in [6, 6.07) is 2.28. The number of hydrogen-bond donors (Lipinski definition) is 1. The van der Waals surface area contributed by atoms with Crippen LogP contribution in [0.4, 0.5) is 5.00 Å². The standard InChI is InChI=1S/C15H21N3O3S/c1-21-15(20)12-4-8-22-14(12)16-13(19)10-17-6-7-18-5-2-3-11(18)9-17/h4,8,11H,2-3,5-7,9-10H2,1H3,(H,16,19). The van der Waals surface area contributed by atoms with Crippen molar-refractivity contribution in [2.24, 2.45) is 0 Å². The molecule has 1 N–H and O–H groups in total. The maximum absolute atomic E-state index is 12.2. The average Bonchev–Trinajstić information content (AvgIpc) is 3.14. The van der Waals surface area contributed by atoms with E-state index in [9.17, 15) is 9.59 Å². The third-order valence-electron chi connectivity index (χ3n) is 4.36. The Morgan fingerprint density at radius 3 is 3.09 bits per heavy atom. The first-order chi connectivity index (χ1) is 10.7. The summed E-state index contributed by atoms with van der Waals surface area (Å²) in [5, 5.41) is 5.18. The molecule has 0 spiro atoms. The molecule has 1 unspecified atom stereocenters. The summed E-state index contributed by atoms with van der Waals surface area (Å²) in [5.74, 6) is -0.491. The molecule has 0 radical (unpaired) electrons. The summed E-state index contributed by atoms with van der Waals surface area (Å²) in [6.45, 7) is 4.51. The zero-order valence-corrected chi connectivity index (χ0v) is 13.5. The highest BCUT2D eigenvalue weighted by atomic mass is 32.1. The summed E-state index contributed by atoms with van der Waals surface area (Å²) >= 11 is 1.34. The Balaban J connectivity index is 1.54. The van der Waals surface area contributed by atoms with Gasteiger partial charge in [-0.05, 0) is 30.8 Å². The molecule has 0 aromatic carbocycles. The average molecular weight is 323 g/mol. The summed E-state index contributed by atoms with van der Waals surface area (Å²) in [4.78, 5) is 28.5. The van der Waals surface area contributed by atoms with Gasteiger partial charge in [0.25, 0.3) is 0 Å². The van der Waals surface area contributed by atoms with Crippen LogP contribution in [0.1, 0.15) is 23.2 Å². The predicted molar refractivity (Wildman–Crippen MR) is 85.3 cm³/mol. The summed E-state index contributed by atoms with van der Waals surface area (Å²) in [7, 11) is 1.34. The number of rotatable bonds is 4. The van der Waals surface area contributed by atoms with Crippen LogP contribution in [0, 0.1) is 0 Å². The molecule has 3 rings (SSSR count). The van der Waals surface area contributed by atoms with Gasteiger partial charge >= 0.3 is 5.97 Å². The van der Waals surface area contributed by atoms with Crippen LogP contribution in [0.15, 0.2) is 11.4 Å². The number of hydrogen-bond acceptors (Lipinski definition) is 6. The van der Waals surface area contributed by atoms with Crippen LogP contribution in [0.3, 0.4) is 0 Å². The van der Waals surface area contributed by atoms with E-state index in [2.05, 4.69) is 15.1 Å². The van der Waals surface area contributed by atoms with E-state index in [0.717, 1.165) is 19.6 Å². The highest BCUT2D eigenvalue weighted by molar-refractivity contribution is 7.14. The highest BCUT2D eigenvalue weighted by Gasteiger charge is 2.31. The van der Waals surface area contributed by atoms with Crippen LogP contribution in [-0.2, 0) is 9.53 Å². The number of piperazine rings is 1. The molecule has 1 aromatic rings. The predicted octanol–water partition coefficient (Wildman–Crippen LogP) is 1.25. The lowest BCUT2D eigenvalue weighted by Gasteiger charge is -2.37. The van der Waals surface area contributed by atoms with E-state index < -0.39 is 5.97 Å². The normalized spacial score (nSPS) is 22.3. The minimum atomic E-state index is -0.420. The molecule has 22 heavy (non-hydrogen) atoms. The van der Waals surface area contributed by atoms with Gasteiger partial charge in [0.15, 0.2) is 0 Å². The largest absolute Gasteiger partial charge is 0.465 e. The maximum Gasteiger partial charge on any atom is 0.340 e. The number of carbonyl (C=O) groups is 2. The van der Waals surface area contributed by atoms with Gasteiger partial charge < -0.3 is 10.1 Å². The molecule has 2 aliphatic rings. The molecule has 6 nitrogen and oxygen atoms in total. The van der Waals surface area contributed by atoms with Crippen molar-refractivity contribution in [2.45, 2.75) is 18.9 Å². The van der Waals surface area contributed by atoms with Gasteiger partial charge in [0.1, 0.15) is 5.00 Å². The number of nitrogens with one attached hydrogen (secondary N) is 1. The third kappa shape index (κ3) is 3.31. The summed E-state index contributed by atoms with van der Waals surface area (Å²) in [6.07, 6.45) is 2.50. The van der Waals surface area contributed by atoms with Gasteiger partial charge in [-0.25, -0.2) is 4.79 Å². The molecule has 3 heterocycles. The molecule has 2 fully saturated rings. The Bertz CT molecular complexity index is 560. The zero-order valence-electron chi connectivity index (χ0n) is 12.7. The van der Waals surface area contributed by atoms with Crippen LogP contribution in [0.25, 0.3) is 0 Å². The van der Waals surface area contributed by atoms with Gasteiger partial charge in [-0.3, -0.25) is 14.6 Å². The lowest BCUT2D eigenvalue weighted by molar-refractivity contribution is -0.117. The number of methoxy groups -OCH3 is 1. The Hall–Kier alpha value is -1.44. The van der Waals surface area contributed by atoms with Crippen LogP contribution in [0.5, 0.6) is 0 Å². The lowest BCUT2D eigenvalue weighted by atomic mass is 10.1. The zero-order chi connectivity index (χ0) is 15.5. The molecule has 2 aliphatic heterocycles. The molecule has 1 aromatic heterocycles. The third-order valence-corrected chi connectivity index (χ3v) is 5.19. The van der Waals surface area contributed by atoms with E-state index in [1.807, 2.05) is 0 Å². The fraction of sp³-hybridized carbons (Fsp3) is 0.600. The number of carbonyl (C=O) groups excluding carboxylic acids is 2. The molecule has 1 atom stereocenters. The fourth-order valence-electron chi connectivity index (χ4n) is 3.25. The number of thiophene rings is 1. The van der Waals surface area contributed by atoms with Gasteiger partial charge in [0, 0.05) is 25.7 Å². The van der Waals surface area contributed by atoms with Crippen molar-refractivity contribution in [1.29, 1.82) is 0 Å². The fourth-order valence-corrected chi connectivity index (χ4v) is 4.04. The quantitative estimate of drug-likeness (QED) is 0.845. The van der Waals surface area contributed by atoms with Gasteiger partial charge in [-0.2, -0.15) is 0 Å². The van der Waals surface area contributed by atoms with Crippen molar-refractivity contribution in [2.75, 3.05) is 45.2 Å². The Kier molecular flexibility index (Phi) is 4.75. The number of nitrogens with zero attached hydrogens (tertiary/aromatic N) is 2. The van der Waals surface area contributed by atoms with E-state index in [4.69, 9.17) is 4.74 Å². The minimum absolute atomic E-state index is 0.0703. The topological polar surface area (TPSA) is 61.9 Å². The monoisotopic (exact) mass is 323 g/mol. The molecular weight excluding hydrogens is 302 g/mol. The van der Waals surface area contributed by atoms with Crippen molar-refractivity contribution in [3.05, 3.63) is 17.0 Å². The van der Waals surface area contributed by atoms with Crippen LogP contribution < -0.4 is 5.32 Å². The van der Waals surface area contributed by atoms with Crippen molar-refractivity contribution < 1.29 is 14.3 Å². The van der Waals surface area contributed by atoms with Crippen LogP contribution in [0.2, 0.25) is 0 Å². The second-order valence-corrected chi connectivity index (χ2v) is 6.69. The van der Waals surface area contributed by atoms with E-state index in [1.165, 1.54) is 37.8 Å². The maximum atomic E-state index is 12.2.